The van der Waals surface area contributed by atoms with Gasteiger partial charge in [0.2, 0.25) is 6.23 Å². The quantitative estimate of drug-likeness (QED) is 0.356. The molecular weight excluding hydrogens is 436 g/mol. The van der Waals surface area contributed by atoms with E-state index in [9.17, 15) is 24.9 Å². The van der Waals surface area contributed by atoms with Gasteiger partial charge in [0.1, 0.15) is 35.6 Å². The number of carboxylic acids is 1. The van der Waals surface area contributed by atoms with Crippen LogP contribution >= 0.6 is 0 Å². The molecular formula is C20H28N6O7. The standard InChI is InChI=1S/C20H28N6O7/c1-20(2,3)33-19(31)25-10(18(29)30)6-4-5-7-11-13(27)14(28)17(32-11)26-9-24-12-15(21)22-8-23-16(12)26/h8-10,14,17,27-28H,4-7H2,1-3H3,(H,25,31)(H,29,30)(H2,21,22,23)/t10-,14?,17+/m0/s1. The Morgan fingerprint density at radius 3 is 2.70 bits per heavy atom. The largest absolute Gasteiger partial charge is 0.506 e. The molecule has 0 saturated heterocycles. The van der Waals surface area contributed by atoms with Gasteiger partial charge in [0.05, 0.1) is 0 Å². The number of imidazole rings is 1. The minimum atomic E-state index is -1.34. The molecule has 13 heteroatoms. The number of carboxylic acid groups (broad SMARTS) is 1. The zero-order valence-electron chi connectivity index (χ0n) is 18.6. The molecule has 2 aromatic heterocycles. The summed E-state index contributed by atoms with van der Waals surface area (Å²) in [6, 6.07) is -1.12. The van der Waals surface area contributed by atoms with Crippen LogP contribution in [0.25, 0.3) is 11.2 Å². The molecule has 1 aliphatic heterocycles. The number of aliphatic hydroxyl groups is 2. The molecule has 1 unspecified atom stereocenters. The number of nitrogens with zero attached hydrogens (tertiary/aromatic N) is 4. The Morgan fingerprint density at radius 2 is 2.03 bits per heavy atom. The third kappa shape index (κ3) is 5.61. The topological polar surface area (TPSA) is 195 Å². The van der Waals surface area contributed by atoms with Crippen LogP contribution in [0.15, 0.2) is 24.2 Å². The fourth-order valence-electron chi connectivity index (χ4n) is 3.36. The number of nitrogens with two attached hydrogens (primary N) is 1. The van der Waals surface area contributed by atoms with Crippen molar-refractivity contribution in [2.45, 2.75) is 70.4 Å². The molecule has 3 rings (SSSR count). The summed E-state index contributed by atoms with van der Waals surface area (Å²) in [5, 5.41) is 32.5. The smallest absolute Gasteiger partial charge is 0.408 e. The number of hydrogen-bond acceptors (Lipinski definition) is 10. The molecule has 180 valence electrons. The Morgan fingerprint density at radius 1 is 1.30 bits per heavy atom. The summed E-state index contributed by atoms with van der Waals surface area (Å²) in [6.07, 6.45) is 0.768. The van der Waals surface area contributed by atoms with Crippen molar-refractivity contribution in [2.75, 3.05) is 5.73 Å². The highest BCUT2D eigenvalue weighted by atomic mass is 16.6. The average Bonchev–Trinajstić information content (AvgIpc) is 3.26. The molecule has 0 radical (unpaired) electrons. The molecule has 33 heavy (non-hydrogen) atoms. The molecule has 2 aromatic rings. The van der Waals surface area contributed by atoms with Gasteiger partial charge >= 0.3 is 12.1 Å². The second-order valence-electron chi connectivity index (χ2n) is 8.63. The van der Waals surface area contributed by atoms with E-state index in [4.69, 9.17) is 15.2 Å². The van der Waals surface area contributed by atoms with Crippen molar-refractivity contribution in [3.05, 3.63) is 24.2 Å². The van der Waals surface area contributed by atoms with Crippen molar-refractivity contribution in [3.8, 4) is 0 Å². The van der Waals surface area contributed by atoms with Crippen LogP contribution in [0.3, 0.4) is 0 Å². The number of carbonyl (C=O) groups is 2. The van der Waals surface area contributed by atoms with E-state index in [0.717, 1.165) is 0 Å². The highest BCUT2D eigenvalue weighted by Crippen LogP contribution is 2.35. The van der Waals surface area contributed by atoms with Gasteiger partial charge in [0, 0.05) is 6.42 Å². The second kappa shape index (κ2) is 9.48. The predicted molar refractivity (Wildman–Crippen MR) is 115 cm³/mol. The van der Waals surface area contributed by atoms with Gasteiger partial charge in [0.25, 0.3) is 0 Å². The minimum absolute atomic E-state index is 0.150. The normalized spacial score (nSPS) is 19.4. The van der Waals surface area contributed by atoms with Crippen molar-refractivity contribution < 1.29 is 34.4 Å². The molecule has 0 bridgehead atoms. The van der Waals surface area contributed by atoms with Crippen molar-refractivity contribution >= 4 is 29.0 Å². The molecule has 0 fully saturated rings. The van der Waals surface area contributed by atoms with E-state index < -0.39 is 36.0 Å². The number of nitrogen functional groups attached to an aromatic ring is 1. The van der Waals surface area contributed by atoms with E-state index in [1.165, 1.54) is 17.2 Å². The number of unbranched alkanes of at least 4 members (excludes halogenated alkanes) is 1. The lowest BCUT2D eigenvalue weighted by molar-refractivity contribution is -0.139. The summed E-state index contributed by atoms with van der Waals surface area (Å²) < 4.78 is 12.3. The van der Waals surface area contributed by atoms with Gasteiger partial charge < -0.3 is 35.8 Å². The van der Waals surface area contributed by atoms with Gasteiger partial charge in [-0.15, -0.1) is 0 Å². The van der Waals surface area contributed by atoms with Crippen LogP contribution in [0.2, 0.25) is 0 Å². The van der Waals surface area contributed by atoms with Gasteiger partial charge in [-0.2, -0.15) is 0 Å². The van der Waals surface area contributed by atoms with Crippen molar-refractivity contribution in [2.24, 2.45) is 0 Å². The molecule has 1 aliphatic rings. The average molecular weight is 464 g/mol. The predicted octanol–water partition coefficient (Wildman–Crippen LogP) is 1.61. The maximum atomic E-state index is 11.8. The molecule has 0 saturated carbocycles. The summed E-state index contributed by atoms with van der Waals surface area (Å²) in [4.78, 5) is 35.4. The molecule has 3 atom stereocenters. The summed E-state index contributed by atoms with van der Waals surface area (Å²) in [6.45, 7) is 5.04. The molecule has 13 nitrogen and oxygen atoms in total. The van der Waals surface area contributed by atoms with Crippen LogP contribution in [0, 0.1) is 0 Å². The maximum Gasteiger partial charge on any atom is 0.408 e. The first-order valence-electron chi connectivity index (χ1n) is 10.4. The fraction of sp³-hybridized carbons (Fsp3) is 0.550. The van der Waals surface area contributed by atoms with Crippen LogP contribution in [-0.2, 0) is 14.3 Å². The summed E-state index contributed by atoms with van der Waals surface area (Å²) >= 11 is 0. The number of nitrogens with one attached hydrogen (secondary N) is 1. The number of amides is 1. The molecule has 1 amide bonds. The van der Waals surface area contributed by atoms with Crippen molar-refractivity contribution in [1.29, 1.82) is 0 Å². The summed E-state index contributed by atoms with van der Waals surface area (Å²) in [5.41, 5.74) is 5.73. The van der Waals surface area contributed by atoms with Gasteiger partial charge in [-0.3, -0.25) is 4.57 Å². The molecule has 0 aliphatic carbocycles. The van der Waals surface area contributed by atoms with E-state index in [2.05, 4.69) is 20.3 Å². The monoisotopic (exact) mass is 464 g/mol. The van der Waals surface area contributed by atoms with Gasteiger partial charge in [-0.1, -0.05) is 6.42 Å². The SMILES string of the molecule is CC(C)(C)OC(=O)N[C@@H](CCCCC1=C(O)C(O)[C@H](n2cnc3c(N)ncnc32)O1)C(=O)O. The van der Waals surface area contributed by atoms with Crippen LogP contribution in [0.5, 0.6) is 0 Å². The number of ether oxygens (including phenoxy) is 2. The lowest BCUT2D eigenvalue weighted by atomic mass is 10.1. The number of fused-ring (bicyclic) bond motifs is 1. The Bertz CT molecular complexity index is 1060. The molecule has 0 spiro atoms. The van der Waals surface area contributed by atoms with Crippen molar-refractivity contribution in [1.82, 2.24) is 24.8 Å². The first-order chi connectivity index (χ1) is 15.5. The number of alkyl carbamates (subject to hydrolysis) is 1. The highest BCUT2D eigenvalue weighted by Gasteiger charge is 2.37. The first-order valence-corrected chi connectivity index (χ1v) is 10.4. The van der Waals surface area contributed by atoms with E-state index in [0.29, 0.717) is 24.0 Å². The molecule has 0 aromatic carbocycles. The summed E-state index contributed by atoms with van der Waals surface area (Å²) in [7, 11) is 0. The number of aliphatic hydroxyl groups excluding tert-OH is 2. The molecule has 3 heterocycles. The maximum absolute atomic E-state index is 11.8. The molecule has 6 N–H and O–H groups in total. The lowest BCUT2D eigenvalue weighted by Gasteiger charge is -2.22. The van der Waals surface area contributed by atoms with Crippen LogP contribution < -0.4 is 11.1 Å². The zero-order valence-corrected chi connectivity index (χ0v) is 18.6. The second-order valence-corrected chi connectivity index (χ2v) is 8.63. The van der Waals surface area contributed by atoms with E-state index in [1.807, 2.05) is 0 Å². The van der Waals surface area contributed by atoms with E-state index in [-0.39, 0.29) is 30.2 Å². The van der Waals surface area contributed by atoms with Crippen molar-refractivity contribution in [3.63, 3.8) is 0 Å². The number of allylic oxidation sites excluding steroid dienone is 1. The summed E-state index contributed by atoms with van der Waals surface area (Å²) in [5.74, 6) is -1.13. The number of rotatable bonds is 8. The number of hydrogen-bond donors (Lipinski definition) is 5. The first kappa shape index (κ1) is 24.0. The number of anilines is 1. The Kier molecular flexibility index (Phi) is 6.91. The van der Waals surface area contributed by atoms with Crippen LogP contribution in [0.1, 0.15) is 52.7 Å². The number of carbonyl (C=O) groups excluding carboxylic acids is 1. The zero-order chi connectivity index (χ0) is 24.3. The number of aromatic nitrogens is 4. The van der Waals surface area contributed by atoms with Gasteiger partial charge in [-0.25, -0.2) is 24.5 Å². The Hall–Kier alpha value is -3.61. The van der Waals surface area contributed by atoms with Crippen LogP contribution in [-0.4, -0.2) is 64.6 Å². The van der Waals surface area contributed by atoms with Crippen LogP contribution in [0.4, 0.5) is 10.6 Å². The van der Waals surface area contributed by atoms with E-state index in [1.54, 1.807) is 20.8 Å². The fourth-order valence-corrected chi connectivity index (χ4v) is 3.36. The van der Waals surface area contributed by atoms with E-state index >= 15 is 0 Å². The Balaban J connectivity index is 1.55. The number of aliphatic carboxylic acids is 1. The van der Waals surface area contributed by atoms with Gasteiger partial charge in [0.15, 0.2) is 23.3 Å². The highest BCUT2D eigenvalue weighted by molar-refractivity contribution is 5.81. The third-order valence-electron chi connectivity index (χ3n) is 4.90. The van der Waals surface area contributed by atoms with Gasteiger partial charge in [-0.05, 0) is 33.6 Å². The third-order valence-corrected chi connectivity index (χ3v) is 4.90. The minimum Gasteiger partial charge on any atom is -0.506 e. The lowest BCUT2D eigenvalue weighted by Crippen LogP contribution is -2.43. The Labute approximate surface area is 189 Å².